The SMILES string of the molecule is CCCC(CNC(=O)OCC1c2ccccc2-c2ccccc21)C(=O)N[C@@H](CC)CC(=O)O. The van der Waals surface area contributed by atoms with Crippen molar-refractivity contribution < 1.29 is 24.2 Å². The molecule has 0 saturated carbocycles. The minimum atomic E-state index is -0.953. The Morgan fingerprint density at radius 1 is 1.00 bits per heavy atom. The summed E-state index contributed by atoms with van der Waals surface area (Å²) in [6, 6.07) is 15.8. The molecule has 2 aromatic carbocycles. The monoisotopic (exact) mass is 452 g/mol. The molecule has 7 nitrogen and oxygen atoms in total. The molecule has 3 N–H and O–H groups in total. The molecule has 7 heteroatoms. The molecule has 3 rings (SSSR count). The first-order valence-corrected chi connectivity index (χ1v) is 11.6. The van der Waals surface area contributed by atoms with E-state index in [1.54, 1.807) is 0 Å². The van der Waals surface area contributed by atoms with Gasteiger partial charge in [0, 0.05) is 18.5 Å². The summed E-state index contributed by atoms with van der Waals surface area (Å²) in [7, 11) is 0. The number of nitrogens with one attached hydrogen (secondary N) is 2. The van der Waals surface area contributed by atoms with Crippen LogP contribution < -0.4 is 10.6 Å². The van der Waals surface area contributed by atoms with E-state index >= 15 is 0 Å². The molecular formula is C26H32N2O5. The molecule has 176 valence electrons. The standard InChI is InChI=1S/C26H32N2O5/c1-3-9-17(25(31)28-18(4-2)14-24(29)30)15-27-26(32)33-16-23-21-12-7-5-10-19(21)20-11-6-8-13-22(20)23/h5-8,10-13,17-18,23H,3-4,9,14-16H2,1-2H3,(H,27,32)(H,28,31)(H,29,30)/t17?,18-/m0/s1. The lowest BCUT2D eigenvalue weighted by molar-refractivity contribution is -0.137. The number of ether oxygens (including phenoxy) is 1. The summed E-state index contributed by atoms with van der Waals surface area (Å²) in [4.78, 5) is 36.0. The van der Waals surface area contributed by atoms with Gasteiger partial charge in [0.1, 0.15) is 6.61 Å². The van der Waals surface area contributed by atoms with Crippen LogP contribution in [0.3, 0.4) is 0 Å². The van der Waals surface area contributed by atoms with Crippen molar-refractivity contribution in [2.45, 2.75) is 51.5 Å². The van der Waals surface area contributed by atoms with Gasteiger partial charge in [-0.25, -0.2) is 4.79 Å². The molecule has 1 aliphatic rings. The molecule has 0 fully saturated rings. The zero-order valence-electron chi connectivity index (χ0n) is 19.2. The zero-order chi connectivity index (χ0) is 23.8. The van der Waals surface area contributed by atoms with Crippen molar-refractivity contribution >= 4 is 18.0 Å². The van der Waals surface area contributed by atoms with Gasteiger partial charge < -0.3 is 20.5 Å². The molecule has 0 aliphatic heterocycles. The maximum absolute atomic E-state index is 12.6. The minimum absolute atomic E-state index is 0.0285. The summed E-state index contributed by atoms with van der Waals surface area (Å²) in [5, 5.41) is 14.5. The summed E-state index contributed by atoms with van der Waals surface area (Å²) in [6.45, 7) is 4.14. The lowest BCUT2D eigenvalue weighted by atomic mass is 9.98. The third-order valence-electron chi connectivity index (χ3n) is 6.10. The van der Waals surface area contributed by atoms with Crippen molar-refractivity contribution in [3.05, 3.63) is 59.7 Å². The van der Waals surface area contributed by atoms with Gasteiger partial charge in [-0.1, -0.05) is 68.8 Å². The smallest absolute Gasteiger partial charge is 0.407 e. The van der Waals surface area contributed by atoms with E-state index in [-0.39, 0.29) is 31.4 Å². The molecule has 1 unspecified atom stereocenters. The molecule has 2 atom stereocenters. The van der Waals surface area contributed by atoms with Crippen molar-refractivity contribution in [2.24, 2.45) is 5.92 Å². The van der Waals surface area contributed by atoms with Crippen molar-refractivity contribution in [2.75, 3.05) is 13.2 Å². The largest absolute Gasteiger partial charge is 0.481 e. The molecule has 0 spiro atoms. The average Bonchev–Trinajstić information content (AvgIpc) is 3.13. The second kappa shape index (κ2) is 11.5. The number of carboxylic acids is 1. The number of hydrogen-bond acceptors (Lipinski definition) is 4. The van der Waals surface area contributed by atoms with Crippen LogP contribution in [-0.4, -0.2) is 42.3 Å². The predicted octanol–water partition coefficient (Wildman–Crippen LogP) is 4.31. The number of fused-ring (bicyclic) bond motifs is 3. The molecule has 1 aliphatic carbocycles. The Kier molecular flexibility index (Phi) is 8.46. The van der Waals surface area contributed by atoms with Gasteiger partial charge >= 0.3 is 12.1 Å². The van der Waals surface area contributed by atoms with Crippen LogP contribution in [0.15, 0.2) is 48.5 Å². The molecule has 2 aromatic rings. The maximum atomic E-state index is 12.6. The van der Waals surface area contributed by atoms with Crippen LogP contribution in [0.1, 0.15) is 56.6 Å². The fraction of sp³-hybridized carbons (Fsp3) is 0.423. The summed E-state index contributed by atoms with van der Waals surface area (Å²) < 4.78 is 5.54. The number of aliphatic carboxylic acids is 1. The first-order valence-electron chi connectivity index (χ1n) is 11.6. The second-order valence-electron chi connectivity index (χ2n) is 8.40. The van der Waals surface area contributed by atoms with Gasteiger partial charge in [0.05, 0.1) is 12.3 Å². The van der Waals surface area contributed by atoms with E-state index in [4.69, 9.17) is 9.84 Å². The lowest BCUT2D eigenvalue weighted by Crippen LogP contribution is -2.43. The van der Waals surface area contributed by atoms with E-state index in [1.165, 1.54) is 0 Å². The second-order valence-corrected chi connectivity index (χ2v) is 8.40. The molecular weight excluding hydrogens is 420 g/mol. The Morgan fingerprint density at radius 2 is 1.61 bits per heavy atom. The third-order valence-corrected chi connectivity index (χ3v) is 6.10. The highest BCUT2D eigenvalue weighted by Crippen LogP contribution is 2.44. The van der Waals surface area contributed by atoms with E-state index < -0.39 is 24.0 Å². The molecule has 33 heavy (non-hydrogen) atoms. The molecule has 2 amide bonds. The average molecular weight is 453 g/mol. The zero-order valence-corrected chi connectivity index (χ0v) is 19.2. The third kappa shape index (κ3) is 6.12. The van der Waals surface area contributed by atoms with Gasteiger partial charge in [-0.2, -0.15) is 0 Å². The number of benzene rings is 2. The Labute approximate surface area is 194 Å². The molecule has 0 heterocycles. The predicted molar refractivity (Wildman–Crippen MR) is 126 cm³/mol. The normalized spacial score (nSPS) is 14.0. The lowest BCUT2D eigenvalue weighted by Gasteiger charge is -2.21. The highest BCUT2D eigenvalue weighted by Gasteiger charge is 2.29. The molecule has 0 bridgehead atoms. The summed E-state index contributed by atoms with van der Waals surface area (Å²) in [5.74, 6) is -1.67. The van der Waals surface area contributed by atoms with Crippen LogP contribution in [-0.2, 0) is 14.3 Å². The van der Waals surface area contributed by atoms with Crippen LogP contribution in [0.5, 0.6) is 0 Å². The Hall–Kier alpha value is -3.35. The number of hydrogen-bond donors (Lipinski definition) is 3. The van der Waals surface area contributed by atoms with Crippen LogP contribution in [0.4, 0.5) is 4.79 Å². The van der Waals surface area contributed by atoms with E-state index in [2.05, 4.69) is 34.9 Å². The van der Waals surface area contributed by atoms with Crippen LogP contribution in [0.25, 0.3) is 11.1 Å². The van der Waals surface area contributed by atoms with Crippen molar-refractivity contribution in [3.8, 4) is 11.1 Å². The first kappa shape index (κ1) is 24.3. The Morgan fingerprint density at radius 3 is 2.15 bits per heavy atom. The first-order chi connectivity index (χ1) is 15.9. The van der Waals surface area contributed by atoms with E-state index in [1.807, 2.05) is 38.1 Å². The van der Waals surface area contributed by atoms with Crippen LogP contribution >= 0.6 is 0 Å². The van der Waals surface area contributed by atoms with Crippen molar-refractivity contribution in [1.29, 1.82) is 0 Å². The molecule has 0 aromatic heterocycles. The van der Waals surface area contributed by atoms with Gasteiger partial charge in [-0.3, -0.25) is 9.59 Å². The van der Waals surface area contributed by atoms with E-state index in [9.17, 15) is 14.4 Å². The fourth-order valence-electron chi connectivity index (χ4n) is 4.36. The van der Waals surface area contributed by atoms with Crippen LogP contribution in [0.2, 0.25) is 0 Å². The highest BCUT2D eigenvalue weighted by atomic mass is 16.5. The molecule has 0 saturated heterocycles. The highest BCUT2D eigenvalue weighted by molar-refractivity contribution is 5.81. The fourth-order valence-corrected chi connectivity index (χ4v) is 4.36. The van der Waals surface area contributed by atoms with Gasteiger partial charge in [0.2, 0.25) is 5.91 Å². The van der Waals surface area contributed by atoms with Crippen molar-refractivity contribution in [1.82, 2.24) is 10.6 Å². The van der Waals surface area contributed by atoms with E-state index in [0.717, 1.165) is 28.7 Å². The quantitative estimate of drug-likeness (QED) is 0.471. The maximum Gasteiger partial charge on any atom is 0.407 e. The number of rotatable bonds is 11. The van der Waals surface area contributed by atoms with Gasteiger partial charge in [-0.15, -0.1) is 0 Å². The van der Waals surface area contributed by atoms with Crippen LogP contribution in [0, 0.1) is 5.92 Å². The summed E-state index contributed by atoms with van der Waals surface area (Å²) >= 11 is 0. The number of carbonyl (C=O) groups is 3. The number of carbonyl (C=O) groups excluding carboxylic acids is 2. The Bertz CT molecular complexity index is 945. The van der Waals surface area contributed by atoms with Gasteiger partial charge in [0.25, 0.3) is 0 Å². The number of amides is 2. The van der Waals surface area contributed by atoms with E-state index in [0.29, 0.717) is 12.8 Å². The Balaban J connectivity index is 1.56. The molecule has 0 radical (unpaired) electrons. The van der Waals surface area contributed by atoms with Gasteiger partial charge in [0.15, 0.2) is 0 Å². The van der Waals surface area contributed by atoms with Gasteiger partial charge in [-0.05, 0) is 35.1 Å². The topological polar surface area (TPSA) is 105 Å². The minimum Gasteiger partial charge on any atom is -0.481 e. The summed E-state index contributed by atoms with van der Waals surface area (Å²) in [6.07, 6.45) is 1.18. The number of carboxylic acid groups (broad SMARTS) is 1. The summed E-state index contributed by atoms with van der Waals surface area (Å²) in [5.41, 5.74) is 4.60. The number of alkyl carbamates (subject to hydrolysis) is 1. The van der Waals surface area contributed by atoms with Crippen molar-refractivity contribution in [3.63, 3.8) is 0 Å².